The first-order valence-corrected chi connectivity index (χ1v) is 11.2. The van der Waals surface area contributed by atoms with E-state index in [1.54, 1.807) is 24.3 Å². The van der Waals surface area contributed by atoms with Gasteiger partial charge in [0.2, 0.25) is 0 Å². The first-order valence-electron chi connectivity index (χ1n) is 11.2. The van der Waals surface area contributed by atoms with E-state index in [0.29, 0.717) is 24.2 Å². The van der Waals surface area contributed by atoms with Crippen molar-refractivity contribution in [1.29, 1.82) is 0 Å². The SMILES string of the molecule is CCNC(=NCC(C)(C)N1CCOCC1)NCCCCN1C(=O)c2ccccc2C1=O. The fraction of sp³-hybridized carbons (Fsp3) is 0.609. The smallest absolute Gasteiger partial charge is 0.261 e. The predicted molar refractivity (Wildman–Crippen MR) is 121 cm³/mol. The molecule has 0 bridgehead atoms. The van der Waals surface area contributed by atoms with Crippen LogP contribution in [0.25, 0.3) is 0 Å². The van der Waals surface area contributed by atoms with Crippen LogP contribution in [0.15, 0.2) is 29.3 Å². The number of benzene rings is 1. The molecular weight excluding hydrogens is 394 g/mol. The average Bonchev–Trinajstić information content (AvgIpc) is 3.02. The van der Waals surface area contributed by atoms with Crippen molar-refractivity contribution in [2.75, 3.05) is 52.5 Å². The molecule has 170 valence electrons. The number of rotatable bonds is 9. The van der Waals surface area contributed by atoms with Crippen LogP contribution in [0.2, 0.25) is 0 Å². The summed E-state index contributed by atoms with van der Waals surface area (Å²) in [6.45, 7) is 12.5. The van der Waals surface area contributed by atoms with Gasteiger partial charge in [-0.3, -0.25) is 24.4 Å². The number of morpholine rings is 1. The van der Waals surface area contributed by atoms with Gasteiger partial charge in [-0.1, -0.05) is 12.1 Å². The number of carbonyl (C=O) groups excluding carboxylic acids is 2. The van der Waals surface area contributed by atoms with Gasteiger partial charge >= 0.3 is 0 Å². The van der Waals surface area contributed by atoms with Crippen molar-refractivity contribution < 1.29 is 14.3 Å². The number of nitrogens with zero attached hydrogens (tertiary/aromatic N) is 3. The second-order valence-corrected chi connectivity index (χ2v) is 8.55. The minimum absolute atomic E-state index is 0.0301. The Hall–Kier alpha value is -2.45. The van der Waals surface area contributed by atoms with E-state index in [4.69, 9.17) is 9.73 Å². The largest absolute Gasteiger partial charge is 0.379 e. The van der Waals surface area contributed by atoms with Gasteiger partial charge in [0.15, 0.2) is 5.96 Å². The van der Waals surface area contributed by atoms with Crippen LogP contribution in [0.5, 0.6) is 0 Å². The Bertz CT molecular complexity index is 767. The lowest BCUT2D eigenvalue weighted by atomic mass is 10.0. The van der Waals surface area contributed by atoms with Crippen LogP contribution in [-0.2, 0) is 4.74 Å². The van der Waals surface area contributed by atoms with Gasteiger partial charge in [-0.15, -0.1) is 0 Å². The first kappa shape index (κ1) is 23.2. The molecule has 0 aliphatic carbocycles. The highest BCUT2D eigenvalue weighted by Crippen LogP contribution is 2.22. The normalized spacial score (nSPS) is 17.8. The Morgan fingerprint density at radius 2 is 1.71 bits per heavy atom. The van der Waals surface area contributed by atoms with Gasteiger partial charge < -0.3 is 15.4 Å². The first-order chi connectivity index (χ1) is 14.9. The molecule has 1 aromatic rings. The highest BCUT2D eigenvalue weighted by molar-refractivity contribution is 6.21. The second kappa shape index (κ2) is 10.7. The summed E-state index contributed by atoms with van der Waals surface area (Å²) in [5, 5.41) is 6.66. The summed E-state index contributed by atoms with van der Waals surface area (Å²) in [5.74, 6) is 0.423. The zero-order chi connectivity index (χ0) is 22.3. The zero-order valence-corrected chi connectivity index (χ0v) is 18.9. The Morgan fingerprint density at radius 1 is 1.06 bits per heavy atom. The number of unbranched alkanes of at least 4 members (excludes halogenated alkanes) is 1. The fourth-order valence-corrected chi connectivity index (χ4v) is 3.93. The van der Waals surface area contributed by atoms with Crippen LogP contribution in [-0.4, -0.2) is 85.6 Å². The molecule has 31 heavy (non-hydrogen) atoms. The van der Waals surface area contributed by atoms with Crippen molar-refractivity contribution in [3.8, 4) is 0 Å². The van der Waals surface area contributed by atoms with Gasteiger partial charge in [0.1, 0.15) is 0 Å². The van der Waals surface area contributed by atoms with E-state index in [1.807, 2.05) is 6.92 Å². The van der Waals surface area contributed by atoms with E-state index in [-0.39, 0.29) is 17.4 Å². The van der Waals surface area contributed by atoms with Crippen LogP contribution in [0.3, 0.4) is 0 Å². The number of amides is 2. The van der Waals surface area contributed by atoms with Gasteiger partial charge in [0, 0.05) is 38.3 Å². The highest BCUT2D eigenvalue weighted by atomic mass is 16.5. The third kappa shape index (κ3) is 5.83. The molecule has 2 aliphatic heterocycles. The quantitative estimate of drug-likeness (QED) is 0.269. The molecule has 1 saturated heterocycles. The Kier molecular flexibility index (Phi) is 8.03. The summed E-state index contributed by atoms with van der Waals surface area (Å²) in [5.41, 5.74) is 0.989. The van der Waals surface area contributed by atoms with Crippen LogP contribution in [0.4, 0.5) is 0 Å². The minimum Gasteiger partial charge on any atom is -0.379 e. The maximum absolute atomic E-state index is 12.4. The topological polar surface area (TPSA) is 86.3 Å². The number of guanidine groups is 1. The van der Waals surface area contributed by atoms with Crippen LogP contribution < -0.4 is 10.6 Å². The van der Waals surface area contributed by atoms with Crippen LogP contribution in [0, 0.1) is 0 Å². The molecule has 0 saturated carbocycles. The molecule has 0 aromatic heterocycles. The van der Waals surface area contributed by atoms with Gasteiger partial charge in [-0.25, -0.2) is 0 Å². The number of hydrogen-bond donors (Lipinski definition) is 2. The van der Waals surface area contributed by atoms with Gasteiger partial charge in [-0.05, 0) is 45.7 Å². The molecule has 8 heteroatoms. The molecule has 2 heterocycles. The number of ether oxygens (including phenoxy) is 1. The Balaban J connectivity index is 1.43. The molecule has 3 rings (SSSR count). The summed E-state index contributed by atoms with van der Waals surface area (Å²) in [4.78, 5) is 33.4. The number of imide groups is 1. The molecule has 2 aliphatic rings. The summed E-state index contributed by atoms with van der Waals surface area (Å²) in [6, 6.07) is 7.02. The molecule has 0 atom stereocenters. The second-order valence-electron chi connectivity index (χ2n) is 8.55. The van der Waals surface area contributed by atoms with E-state index in [1.165, 1.54) is 4.90 Å². The van der Waals surface area contributed by atoms with Crippen LogP contribution >= 0.6 is 0 Å². The molecule has 8 nitrogen and oxygen atoms in total. The summed E-state index contributed by atoms with van der Waals surface area (Å²) in [7, 11) is 0. The van der Waals surface area contributed by atoms with Crippen molar-refractivity contribution in [2.24, 2.45) is 4.99 Å². The summed E-state index contributed by atoms with van der Waals surface area (Å²) >= 11 is 0. The van der Waals surface area contributed by atoms with Crippen molar-refractivity contribution >= 4 is 17.8 Å². The maximum Gasteiger partial charge on any atom is 0.261 e. The predicted octanol–water partition coefficient (Wildman–Crippen LogP) is 1.73. The molecule has 1 fully saturated rings. The van der Waals surface area contributed by atoms with E-state index in [0.717, 1.165) is 58.2 Å². The Morgan fingerprint density at radius 3 is 2.32 bits per heavy atom. The van der Waals surface area contributed by atoms with Gasteiger partial charge in [-0.2, -0.15) is 0 Å². The standard InChI is InChI=1S/C23H35N5O3/c1-4-24-22(26-17-23(2,3)27-13-15-31-16-14-27)25-11-7-8-12-28-20(29)18-9-5-6-10-19(18)21(28)30/h5-6,9-10H,4,7-8,11-17H2,1-3H3,(H2,24,25,26). The molecule has 2 N–H and O–H groups in total. The maximum atomic E-state index is 12.4. The molecule has 0 unspecified atom stereocenters. The van der Waals surface area contributed by atoms with Crippen molar-refractivity contribution in [2.45, 2.75) is 39.2 Å². The molecule has 0 spiro atoms. The lowest BCUT2D eigenvalue weighted by molar-refractivity contribution is -0.00683. The lowest BCUT2D eigenvalue weighted by Gasteiger charge is -2.39. The zero-order valence-electron chi connectivity index (χ0n) is 18.9. The summed E-state index contributed by atoms with van der Waals surface area (Å²) < 4.78 is 5.46. The van der Waals surface area contributed by atoms with Gasteiger partial charge in [0.05, 0.1) is 30.9 Å². The number of hydrogen-bond acceptors (Lipinski definition) is 5. The van der Waals surface area contributed by atoms with Crippen LogP contribution in [0.1, 0.15) is 54.3 Å². The van der Waals surface area contributed by atoms with E-state index >= 15 is 0 Å². The number of fused-ring (bicyclic) bond motifs is 1. The minimum atomic E-state index is -0.186. The molecule has 0 radical (unpaired) electrons. The summed E-state index contributed by atoms with van der Waals surface area (Å²) in [6.07, 6.45) is 1.59. The molecular formula is C23H35N5O3. The number of nitrogens with one attached hydrogen (secondary N) is 2. The van der Waals surface area contributed by atoms with E-state index in [2.05, 4.69) is 29.4 Å². The third-order valence-electron chi connectivity index (χ3n) is 5.81. The molecule has 1 aromatic carbocycles. The van der Waals surface area contributed by atoms with Crippen molar-refractivity contribution in [1.82, 2.24) is 20.4 Å². The lowest BCUT2D eigenvalue weighted by Crippen LogP contribution is -2.52. The molecule has 2 amide bonds. The van der Waals surface area contributed by atoms with Gasteiger partial charge in [0.25, 0.3) is 11.8 Å². The number of carbonyl (C=O) groups is 2. The fourth-order valence-electron chi connectivity index (χ4n) is 3.93. The third-order valence-corrected chi connectivity index (χ3v) is 5.81. The number of aliphatic imine (C=N–C) groups is 1. The monoisotopic (exact) mass is 429 g/mol. The van der Waals surface area contributed by atoms with Crippen molar-refractivity contribution in [3.63, 3.8) is 0 Å². The average molecular weight is 430 g/mol. The van der Waals surface area contributed by atoms with E-state index < -0.39 is 0 Å². The Labute approximate surface area is 185 Å². The highest BCUT2D eigenvalue weighted by Gasteiger charge is 2.34. The van der Waals surface area contributed by atoms with E-state index in [9.17, 15) is 9.59 Å². The van der Waals surface area contributed by atoms with Crippen molar-refractivity contribution in [3.05, 3.63) is 35.4 Å².